The van der Waals surface area contributed by atoms with Crippen molar-refractivity contribution in [2.75, 3.05) is 31.4 Å². The SMILES string of the molecule is COC(=O)CC[C@@H](NC(=O)CCC1CNc2nc(NC(=O)C(C)(C)C)nc(O)c2C1)C(=O)OC. The molecule has 12 nitrogen and oxygen atoms in total. The van der Waals surface area contributed by atoms with E-state index >= 15 is 0 Å². The Morgan fingerprint density at radius 3 is 2.47 bits per heavy atom. The summed E-state index contributed by atoms with van der Waals surface area (Å²) in [6.45, 7) is 5.77. The van der Waals surface area contributed by atoms with Crippen LogP contribution in [0.3, 0.4) is 0 Å². The van der Waals surface area contributed by atoms with Crippen molar-refractivity contribution in [2.24, 2.45) is 11.3 Å². The number of nitrogens with zero attached hydrogens (tertiary/aromatic N) is 2. The Balaban J connectivity index is 1.93. The third-order valence-electron chi connectivity index (χ3n) is 5.41. The molecule has 12 heteroatoms. The van der Waals surface area contributed by atoms with Crippen molar-refractivity contribution in [3.63, 3.8) is 0 Å². The van der Waals surface area contributed by atoms with Gasteiger partial charge in [0.1, 0.15) is 11.9 Å². The molecule has 4 N–H and O–H groups in total. The van der Waals surface area contributed by atoms with E-state index in [9.17, 15) is 24.3 Å². The number of anilines is 2. The number of esters is 2. The highest BCUT2D eigenvalue weighted by atomic mass is 16.5. The van der Waals surface area contributed by atoms with Gasteiger partial charge < -0.3 is 25.2 Å². The average molecular weight is 480 g/mol. The van der Waals surface area contributed by atoms with E-state index in [1.54, 1.807) is 20.8 Å². The predicted molar refractivity (Wildman–Crippen MR) is 122 cm³/mol. The highest BCUT2D eigenvalue weighted by Crippen LogP contribution is 2.32. The Kier molecular flexibility index (Phi) is 9.16. The van der Waals surface area contributed by atoms with Crippen LogP contribution in [0.25, 0.3) is 0 Å². The fraction of sp³-hybridized carbons (Fsp3) is 0.636. The second kappa shape index (κ2) is 11.6. The highest BCUT2D eigenvalue weighted by molar-refractivity contribution is 5.93. The molecule has 1 aliphatic rings. The molecule has 188 valence electrons. The first-order valence-corrected chi connectivity index (χ1v) is 11.0. The van der Waals surface area contributed by atoms with Crippen molar-refractivity contribution in [1.82, 2.24) is 15.3 Å². The van der Waals surface area contributed by atoms with E-state index < -0.39 is 23.4 Å². The van der Waals surface area contributed by atoms with Gasteiger partial charge in [0.25, 0.3) is 0 Å². The number of hydrogen-bond donors (Lipinski definition) is 4. The van der Waals surface area contributed by atoms with E-state index in [0.717, 1.165) is 0 Å². The van der Waals surface area contributed by atoms with E-state index in [1.165, 1.54) is 14.2 Å². The number of ether oxygens (including phenoxy) is 2. The number of fused-ring (bicyclic) bond motifs is 1. The lowest BCUT2D eigenvalue weighted by Gasteiger charge is -2.26. The van der Waals surface area contributed by atoms with Crippen molar-refractivity contribution in [1.29, 1.82) is 0 Å². The minimum Gasteiger partial charge on any atom is -0.493 e. The van der Waals surface area contributed by atoms with Crippen LogP contribution in [-0.4, -0.2) is 65.6 Å². The number of methoxy groups -OCH3 is 2. The predicted octanol–water partition coefficient (Wildman–Crippen LogP) is 1.14. The summed E-state index contributed by atoms with van der Waals surface area (Å²) in [5, 5.41) is 18.7. The van der Waals surface area contributed by atoms with Gasteiger partial charge in [-0.1, -0.05) is 20.8 Å². The van der Waals surface area contributed by atoms with Gasteiger partial charge in [-0.05, 0) is 25.2 Å². The largest absolute Gasteiger partial charge is 0.493 e. The maximum absolute atomic E-state index is 12.4. The number of hydrogen-bond acceptors (Lipinski definition) is 10. The Labute approximate surface area is 198 Å². The number of aromatic nitrogens is 2. The molecule has 0 aromatic carbocycles. The number of aromatic hydroxyl groups is 1. The van der Waals surface area contributed by atoms with Crippen LogP contribution in [0.2, 0.25) is 0 Å². The maximum atomic E-state index is 12.4. The molecular weight excluding hydrogens is 446 g/mol. The molecule has 0 spiro atoms. The van der Waals surface area contributed by atoms with E-state index in [1.807, 2.05) is 0 Å². The van der Waals surface area contributed by atoms with Gasteiger partial charge >= 0.3 is 11.9 Å². The van der Waals surface area contributed by atoms with Crippen LogP contribution in [0, 0.1) is 11.3 Å². The number of carbonyl (C=O) groups excluding carboxylic acids is 4. The summed E-state index contributed by atoms with van der Waals surface area (Å²) in [7, 11) is 2.45. The van der Waals surface area contributed by atoms with Crippen LogP contribution in [0.4, 0.5) is 11.8 Å². The summed E-state index contributed by atoms with van der Waals surface area (Å²) < 4.78 is 9.26. The summed E-state index contributed by atoms with van der Waals surface area (Å²) >= 11 is 0. The van der Waals surface area contributed by atoms with Gasteiger partial charge in [-0.25, -0.2) is 4.79 Å². The number of nitrogens with one attached hydrogen (secondary N) is 3. The Hall–Kier alpha value is -3.44. The minimum atomic E-state index is -0.944. The van der Waals surface area contributed by atoms with Crippen molar-refractivity contribution in [3.05, 3.63) is 5.56 Å². The van der Waals surface area contributed by atoms with Crippen LogP contribution in [0.1, 0.15) is 52.0 Å². The highest BCUT2D eigenvalue weighted by Gasteiger charge is 2.28. The average Bonchev–Trinajstić information content (AvgIpc) is 2.79. The standard InChI is InChI=1S/C22H33N5O7/c1-22(2,3)20(32)27-21-25-17-13(18(30)26-21)10-12(11-23-17)6-8-15(28)24-14(19(31)34-5)7-9-16(29)33-4/h12,14H,6-11H2,1-5H3,(H,24,28)(H3,23,25,26,27,30,32)/t12?,14-/m1/s1. The molecule has 1 aliphatic heterocycles. The fourth-order valence-corrected chi connectivity index (χ4v) is 3.31. The van der Waals surface area contributed by atoms with Crippen LogP contribution >= 0.6 is 0 Å². The van der Waals surface area contributed by atoms with Gasteiger partial charge in [-0.15, -0.1) is 0 Å². The molecule has 34 heavy (non-hydrogen) atoms. The number of rotatable bonds is 9. The molecule has 0 aliphatic carbocycles. The first kappa shape index (κ1) is 26.8. The molecule has 1 unspecified atom stereocenters. The van der Waals surface area contributed by atoms with Gasteiger partial charge in [0, 0.05) is 24.8 Å². The topological polar surface area (TPSA) is 169 Å². The molecule has 1 aromatic rings. The summed E-state index contributed by atoms with van der Waals surface area (Å²) in [5.74, 6) is -1.53. The minimum absolute atomic E-state index is 0.00871. The molecule has 2 amide bonds. The lowest BCUT2D eigenvalue weighted by molar-refractivity contribution is -0.146. The Morgan fingerprint density at radius 1 is 1.15 bits per heavy atom. The molecule has 0 bridgehead atoms. The Morgan fingerprint density at radius 2 is 1.85 bits per heavy atom. The third-order valence-corrected chi connectivity index (χ3v) is 5.41. The molecule has 0 saturated heterocycles. The molecule has 0 fully saturated rings. The van der Waals surface area contributed by atoms with Crippen molar-refractivity contribution in [3.8, 4) is 5.88 Å². The first-order chi connectivity index (χ1) is 15.9. The van der Waals surface area contributed by atoms with Gasteiger partial charge in [-0.3, -0.25) is 19.7 Å². The summed E-state index contributed by atoms with van der Waals surface area (Å²) in [6.07, 6.45) is 1.09. The second-order valence-corrected chi connectivity index (χ2v) is 9.15. The van der Waals surface area contributed by atoms with Gasteiger partial charge in [0.2, 0.25) is 23.6 Å². The monoisotopic (exact) mass is 479 g/mol. The molecule has 1 aromatic heterocycles. The molecule has 0 saturated carbocycles. The Bertz CT molecular complexity index is 929. The van der Waals surface area contributed by atoms with E-state index in [2.05, 4.69) is 30.7 Å². The van der Waals surface area contributed by atoms with Crippen LogP contribution in [0.15, 0.2) is 0 Å². The summed E-state index contributed by atoms with van der Waals surface area (Å²) in [6, 6.07) is -0.944. The van der Waals surface area contributed by atoms with Crippen molar-refractivity contribution < 1.29 is 33.8 Å². The zero-order chi connectivity index (χ0) is 25.5. The van der Waals surface area contributed by atoms with Crippen molar-refractivity contribution >= 4 is 35.5 Å². The second-order valence-electron chi connectivity index (χ2n) is 9.15. The maximum Gasteiger partial charge on any atom is 0.328 e. The third kappa shape index (κ3) is 7.56. The van der Waals surface area contributed by atoms with Gasteiger partial charge in [0.05, 0.1) is 19.8 Å². The molecular formula is C22H33N5O7. The smallest absolute Gasteiger partial charge is 0.328 e. The van der Waals surface area contributed by atoms with Gasteiger partial charge in [-0.2, -0.15) is 9.97 Å². The number of carbonyl (C=O) groups is 4. The molecule has 2 rings (SSSR count). The van der Waals surface area contributed by atoms with Crippen LogP contribution in [-0.2, 0) is 35.1 Å². The zero-order valence-electron chi connectivity index (χ0n) is 20.2. The molecule has 2 atom stereocenters. The quantitative estimate of drug-likeness (QED) is 0.377. The van der Waals surface area contributed by atoms with Gasteiger partial charge in [0.15, 0.2) is 0 Å². The van der Waals surface area contributed by atoms with Crippen LogP contribution < -0.4 is 16.0 Å². The van der Waals surface area contributed by atoms with E-state index in [-0.39, 0.29) is 48.8 Å². The lowest BCUT2D eigenvalue weighted by Crippen LogP contribution is -2.42. The van der Waals surface area contributed by atoms with E-state index in [4.69, 9.17) is 4.74 Å². The summed E-state index contributed by atoms with van der Waals surface area (Å²) in [4.78, 5) is 56.1. The number of amides is 2. The fourth-order valence-electron chi connectivity index (χ4n) is 3.31. The first-order valence-electron chi connectivity index (χ1n) is 11.0. The zero-order valence-corrected chi connectivity index (χ0v) is 20.2. The molecule has 2 heterocycles. The lowest BCUT2D eigenvalue weighted by atomic mass is 9.92. The molecule has 0 radical (unpaired) electrons. The van der Waals surface area contributed by atoms with Crippen LogP contribution in [0.5, 0.6) is 5.88 Å². The van der Waals surface area contributed by atoms with Crippen molar-refractivity contribution in [2.45, 2.75) is 58.9 Å². The normalized spacial score (nSPS) is 15.9. The summed E-state index contributed by atoms with van der Waals surface area (Å²) in [5.41, 5.74) is -0.129. The van der Waals surface area contributed by atoms with E-state index in [0.29, 0.717) is 30.8 Å².